The lowest BCUT2D eigenvalue weighted by Gasteiger charge is -2.09. The van der Waals surface area contributed by atoms with Crippen molar-refractivity contribution in [3.05, 3.63) is 24.0 Å². The van der Waals surface area contributed by atoms with E-state index < -0.39 is 0 Å². The standard InChI is InChI=1S/C15H23N3O/c1-4-9-18-14-7-6-12(19-3)10-13(14)17-15(18)8-5-11(2)16/h6-7,10-11H,4-5,8-9,16H2,1-3H3. The van der Waals surface area contributed by atoms with Crippen LogP contribution >= 0.6 is 0 Å². The third kappa shape index (κ3) is 3.07. The number of nitrogens with zero attached hydrogens (tertiary/aromatic N) is 2. The molecule has 4 nitrogen and oxygen atoms in total. The minimum atomic E-state index is 0.212. The van der Waals surface area contributed by atoms with Crippen LogP contribution < -0.4 is 10.5 Å². The molecular weight excluding hydrogens is 238 g/mol. The van der Waals surface area contributed by atoms with Gasteiger partial charge in [-0.3, -0.25) is 0 Å². The Labute approximate surface area is 114 Å². The van der Waals surface area contributed by atoms with E-state index in [2.05, 4.69) is 17.6 Å². The van der Waals surface area contributed by atoms with Gasteiger partial charge in [-0.15, -0.1) is 0 Å². The molecule has 0 bridgehead atoms. The zero-order chi connectivity index (χ0) is 13.8. The lowest BCUT2D eigenvalue weighted by Crippen LogP contribution is -2.16. The number of nitrogens with two attached hydrogens (primary N) is 1. The van der Waals surface area contributed by atoms with Gasteiger partial charge in [-0.05, 0) is 31.9 Å². The monoisotopic (exact) mass is 261 g/mol. The minimum absolute atomic E-state index is 0.212. The van der Waals surface area contributed by atoms with E-state index in [1.165, 1.54) is 5.52 Å². The maximum Gasteiger partial charge on any atom is 0.121 e. The van der Waals surface area contributed by atoms with Crippen molar-refractivity contribution in [2.75, 3.05) is 7.11 Å². The van der Waals surface area contributed by atoms with Crippen LogP contribution in [0.3, 0.4) is 0 Å². The molecule has 1 unspecified atom stereocenters. The summed E-state index contributed by atoms with van der Waals surface area (Å²) in [5.41, 5.74) is 8.04. The third-order valence-corrected chi connectivity index (χ3v) is 3.30. The highest BCUT2D eigenvalue weighted by molar-refractivity contribution is 5.77. The first-order chi connectivity index (χ1) is 9.15. The van der Waals surface area contributed by atoms with Crippen molar-refractivity contribution in [1.29, 1.82) is 0 Å². The van der Waals surface area contributed by atoms with Gasteiger partial charge in [0.25, 0.3) is 0 Å². The Balaban J connectivity index is 2.40. The van der Waals surface area contributed by atoms with E-state index in [0.717, 1.165) is 42.9 Å². The average Bonchev–Trinajstić information content (AvgIpc) is 2.74. The Morgan fingerprint density at radius 3 is 2.84 bits per heavy atom. The number of rotatable bonds is 6. The Morgan fingerprint density at radius 1 is 1.42 bits per heavy atom. The van der Waals surface area contributed by atoms with Crippen LogP contribution in [-0.4, -0.2) is 22.7 Å². The number of benzene rings is 1. The number of methoxy groups -OCH3 is 1. The molecule has 19 heavy (non-hydrogen) atoms. The largest absolute Gasteiger partial charge is 0.497 e. The van der Waals surface area contributed by atoms with E-state index in [4.69, 9.17) is 15.5 Å². The van der Waals surface area contributed by atoms with Crippen molar-refractivity contribution in [3.63, 3.8) is 0 Å². The Kier molecular flexibility index (Phi) is 4.43. The molecule has 0 fully saturated rings. The van der Waals surface area contributed by atoms with Gasteiger partial charge in [0.2, 0.25) is 0 Å². The van der Waals surface area contributed by atoms with E-state index >= 15 is 0 Å². The van der Waals surface area contributed by atoms with Crippen molar-refractivity contribution >= 4 is 11.0 Å². The van der Waals surface area contributed by atoms with Crippen LogP contribution in [0.25, 0.3) is 11.0 Å². The summed E-state index contributed by atoms with van der Waals surface area (Å²) in [6.07, 6.45) is 2.99. The molecule has 1 heterocycles. The van der Waals surface area contributed by atoms with E-state index in [1.807, 2.05) is 19.1 Å². The van der Waals surface area contributed by atoms with Crippen LogP contribution in [-0.2, 0) is 13.0 Å². The van der Waals surface area contributed by atoms with Crippen molar-refractivity contribution in [2.45, 2.75) is 45.7 Å². The molecule has 1 aromatic carbocycles. The summed E-state index contributed by atoms with van der Waals surface area (Å²) in [7, 11) is 1.68. The first kappa shape index (κ1) is 13.9. The summed E-state index contributed by atoms with van der Waals surface area (Å²) in [6, 6.07) is 6.29. The normalized spacial score (nSPS) is 12.8. The number of hydrogen-bond donors (Lipinski definition) is 1. The molecule has 0 aliphatic carbocycles. The van der Waals surface area contributed by atoms with Crippen LogP contribution in [0.5, 0.6) is 5.75 Å². The molecule has 0 saturated carbocycles. The molecule has 0 spiro atoms. The predicted octanol–water partition coefficient (Wildman–Crippen LogP) is 2.73. The molecule has 1 atom stereocenters. The molecule has 104 valence electrons. The number of aryl methyl sites for hydroxylation is 2. The second kappa shape index (κ2) is 6.06. The molecular formula is C15H23N3O. The number of hydrogen-bond acceptors (Lipinski definition) is 3. The van der Waals surface area contributed by atoms with Gasteiger partial charge in [-0.25, -0.2) is 4.98 Å². The van der Waals surface area contributed by atoms with Crippen molar-refractivity contribution in [2.24, 2.45) is 5.73 Å². The molecule has 2 N–H and O–H groups in total. The average molecular weight is 261 g/mol. The van der Waals surface area contributed by atoms with Crippen molar-refractivity contribution in [1.82, 2.24) is 9.55 Å². The summed E-state index contributed by atoms with van der Waals surface area (Å²) in [6.45, 7) is 5.22. The summed E-state index contributed by atoms with van der Waals surface area (Å²) >= 11 is 0. The van der Waals surface area contributed by atoms with Gasteiger partial charge in [0, 0.05) is 25.1 Å². The summed E-state index contributed by atoms with van der Waals surface area (Å²) in [5, 5.41) is 0. The second-order valence-corrected chi connectivity index (χ2v) is 5.05. The fourth-order valence-corrected chi connectivity index (χ4v) is 2.31. The molecule has 0 amide bonds. The zero-order valence-electron chi connectivity index (χ0n) is 12.0. The molecule has 2 aromatic rings. The van der Waals surface area contributed by atoms with E-state index in [-0.39, 0.29) is 6.04 Å². The maximum atomic E-state index is 5.85. The SMILES string of the molecule is CCCn1c(CCC(C)N)nc2cc(OC)ccc21. The molecule has 0 saturated heterocycles. The zero-order valence-corrected chi connectivity index (χ0v) is 12.0. The van der Waals surface area contributed by atoms with Gasteiger partial charge >= 0.3 is 0 Å². The minimum Gasteiger partial charge on any atom is -0.497 e. The van der Waals surface area contributed by atoms with Crippen LogP contribution in [0, 0.1) is 0 Å². The predicted molar refractivity (Wildman–Crippen MR) is 78.5 cm³/mol. The van der Waals surface area contributed by atoms with Crippen LogP contribution in [0.15, 0.2) is 18.2 Å². The highest BCUT2D eigenvalue weighted by Crippen LogP contribution is 2.23. The van der Waals surface area contributed by atoms with Crippen molar-refractivity contribution < 1.29 is 4.74 Å². The molecule has 2 rings (SSSR count). The Morgan fingerprint density at radius 2 is 2.21 bits per heavy atom. The lowest BCUT2D eigenvalue weighted by molar-refractivity contribution is 0.415. The highest BCUT2D eigenvalue weighted by atomic mass is 16.5. The number of imidazole rings is 1. The van der Waals surface area contributed by atoms with Gasteiger partial charge in [-0.2, -0.15) is 0 Å². The van der Waals surface area contributed by atoms with Crippen LogP contribution in [0.2, 0.25) is 0 Å². The Bertz CT molecular complexity index is 546. The fraction of sp³-hybridized carbons (Fsp3) is 0.533. The topological polar surface area (TPSA) is 53.1 Å². The molecule has 4 heteroatoms. The second-order valence-electron chi connectivity index (χ2n) is 5.05. The van der Waals surface area contributed by atoms with E-state index in [1.54, 1.807) is 7.11 Å². The van der Waals surface area contributed by atoms with Crippen LogP contribution in [0.4, 0.5) is 0 Å². The first-order valence-corrected chi connectivity index (χ1v) is 6.94. The van der Waals surface area contributed by atoms with Gasteiger partial charge in [0.05, 0.1) is 18.1 Å². The number of ether oxygens (including phenoxy) is 1. The van der Waals surface area contributed by atoms with Gasteiger partial charge in [0.1, 0.15) is 11.6 Å². The van der Waals surface area contributed by atoms with Gasteiger partial charge in [-0.1, -0.05) is 6.92 Å². The molecule has 0 aliphatic rings. The van der Waals surface area contributed by atoms with Gasteiger partial charge < -0.3 is 15.0 Å². The third-order valence-electron chi connectivity index (χ3n) is 3.30. The fourth-order valence-electron chi connectivity index (χ4n) is 2.31. The smallest absolute Gasteiger partial charge is 0.121 e. The highest BCUT2D eigenvalue weighted by Gasteiger charge is 2.11. The summed E-state index contributed by atoms with van der Waals surface area (Å²) in [4.78, 5) is 4.74. The Hall–Kier alpha value is -1.55. The summed E-state index contributed by atoms with van der Waals surface area (Å²) < 4.78 is 7.56. The molecule has 0 aliphatic heterocycles. The van der Waals surface area contributed by atoms with E-state index in [9.17, 15) is 0 Å². The maximum absolute atomic E-state index is 5.85. The van der Waals surface area contributed by atoms with E-state index in [0.29, 0.717) is 0 Å². The lowest BCUT2D eigenvalue weighted by atomic mass is 10.2. The molecule has 0 radical (unpaired) electrons. The number of fused-ring (bicyclic) bond motifs is 1. The van der Waals surface area contributed by atoms with Gasteiger partial charge in [0.15, 0.2) is 0 Å². The quantitative estimate of drug-likeness (QED) is 0.870. The summed E-state index contributed by atoms with van der Waals surface area (Å²) in [5.74, 6) is 1.98. The van der Waals surface area contributed by atoms with Crippen molar-refractivity contribution in [3.8, 4) is 5.75 Å². The van der Waals surface area contributed by atoms with Crippen LogP contribution in [0.1, 0.15) is 32.5 Å². The molecule has 1 aromatic heterocycles. The number of aromatic nitrogens is 2. The first-order valence-electron chi connectivity index (χ1n) is 6.94.